The van der Waals surface area contributed by atoms with Crippen LogP contribution in [0.3, 0.4) is 0 Å². The van der Waals surface area contributed by atoms with Gasteiger partial charge in [-0.25, -0.2) is 0 Å². The molecule has 5 heteroatoms. The van der Waals surface area contributed by atoms with Crippen LogP contribution < -0.4 is 11.1 Å². The second kappa shape index (κ2) is 6.24. The fourth-order valence-corrected chi connectivity index (χ4v) is 1.67. The van der Waals surface area contributed by atoms with Crippen molar-refractivity contribution in [1.29, 1.82) is 5.26 Å². The number of amides is 1. The molecule has 0 saturated heterocycles. The van der Waals surface area contributed by atoms with E-state index in [0.717, 1.165) is 5.56 Å². The lowest BCUT2D eigenvalue weighted by atomic mass is 10.1. The van der Waals surface area contributed by atoms with Crippen LogP contribution in [0.4, 0.5) is 0 Å². The molecule has 1 atom stereocenters. The zero-order valence-electron chi connectivity index (χ0n) is 9.53. The molecular formula is C12H14ClN3O. The molecule has 1 unspecified atom stereocenters. The van der Waals surface area contributed by atoms with Crippen LogP contribution in [0.5, 0.6) is 0 Å². The Morgan fingerprint density at radius 1 is 1.65 bits per heavy atom. The standard InChI is InChI=1S/C12H14ClN3O/c1-8(4-12(15)17)16-7-10-3-2-9(6-14)5-11(10)13/h2-3,5,8,16H,4,7H2,1H3,(H2,15,17). The first kappa shape index (κ1) is 13.5. The van der Waals surface area contributed by atoms with Crippen molar-refractivity contribution in [3.8, 4) is 6.07 Å². The maximum Gasteiger partial charge on any atom is 0.218 e. The second-order valence-electron chi connectivity index (χ2n) is 3.87. The molecule has 3 N–H and O–H groups in total. The zero-order valence-corrected chi connectivity index (χ0v) is 10.3. The summed E-state index contributed by atoms with van der Waals surface area (Å²) in [4.78, 5) is 10.7. The zero-order chi connectivity index (χ0) is 12.8. The van der Waals surface area contributed by atoms with Gasteiger partial charge in [0.15, 0.2) is 0 Å². The van der Waals surface area contributed by atoms with Gasteiger partial charge in [0.05, 0.1) is 11.6 Å². The van der Waals surface area contributed by atoms with E-state index in [1.807, 2.05) is 13.0 Å². The Balaban J connectivity index is 2.58. The largest absolute Gasteiger partial charge is 0.370 e. The average Bonchev–Trinajstić information content (AvgIpc) is 2.26. The first-order valence-electron chi connectivity index (χ1n) is 5.23. The lowest BCUT2D eigenvalue weighted by molar-refractivity contribution is -0.118. The quantitative estimate of drug-likeness (QED) is 0.834. The van der Waals surface area contributed by atoms with E-state index in [0.29, 0.717) is 17.1 Å². The first-order chi connectivity index (χ1) is 8.02. The molecule has 1 rings (SSSR count). The number of hydrogen-bond acceptors (Lipinski definition) is 3. The third-order valence-corrected chi connectivity index (χ3v) is 2.68. The van der Waals surface area contributed by atoms with E-state index in [2.05, 4.69) is 5.32 Å². The summed E-state index contributed by atoms with van der Waals surface area (Å²) in [5, 5.41) is 12.4. The molecule has 0 aromatic heterocycles. The molecule has 0 spiro atoms. The third kappa shape index (κ3) is 4.43. The van der Waals surface area contributed by atoms with E-state index >= 15 is 0 Å². The number of nitrogens with two attached hydrogens (primary N) is 1. The summed E-state index contributed by atoms with van der Waals surface area (Å²) in [6.45, 7) is 2.42. The minimum absolute atomic E-state index is 0.000731. The summed E-state index contributed by atoms with van der Waals surface area (Å²) in [5.41, 5.74) is 6.51. The molecule has 1 amide bonds. The number of nitriles is 1. The average molecular weight is 252 g/mol. The van der Waals surface area contributed by atoms with E-state index in [1.54, 1.807) is 18.2 Å². The van der Waals surface area contributed by atoms with Gasteiger partial charge in [-0.2, -0.15) is 5.26 Å². The molecule has 0 aliphatic rings. The normalized spacial score (nSPS) is 11.8. The highest BCUT2D eigenvalue weighted by Gasteiger charge is 2.07. The summed E-state index contributed by atoms with van der Waals surface area (Å²) in [7, 11) is 0. The summed E-state index contributed by atoms with van der Waals surface area (Å²) < 4.78 is 0. The molecule has 0 bridgehead atoms. The van der Waals surface area contributed by atoms with Gasteiger partial charge >= 0.3 is 0 Å². The maximum atomic E-state index is 10.7. The summed E-state index contributed by atoms with van der Waals surface area (Å²) in [6.07, 6.45) is 0.286. The number of rotatable bonds is 5. The Bertz CT molecular complexity index is 454. The summed E-state index contributed by atoms with van der Waals surface area (Å²) >= 11 is 6.01. The Hall–Kier alpha value is -1.57. The Morgan fingerprint density at radius 3 is 2.88 bits per heavy atom. The summed E-state index contributed by atoms with van der Waals surface area (Å²) in [5.74, 6) is -0.337. The van der Waals surface area contributed by atoms with Gasteiger partial charge in [0.1, 0.15) is 0 Å². The Morgan fingerprint density at radius 2 is 2.35 bits per heavy atom. The van der Waals surface area contributed by atoms with Crippen molar-refractivity contribution in [1.82, 2.24) is 5.32 Å². The Kier molecular flexibility index (Phi) is 4.95. The van der Waals surface area contributed by atoms with Crippen molar-refractivity contribution >= 4 is 17.5 Å². The van der Waals surface area contributed by atoms with Crippen molar-refractivity contribution in [2.75, 3.05) is 0 Å². The fourth-order valence-electron chi connectivity index (χ4n) is 1.42. The number of carbonyl (C=O) groups excluding carboxylic acids is 1. The van der Waals surface area contributed by atoms with Gasteiger partial charge in [-0.1, -0.05) is 17.7 Å². The number of nitrogens with zero attached hydrogens (tertiary/aromatic N) is 1. The molecule has 0 saturated carbocycles. The summed E-state index contributed by atoms with van der Waals surface area (Å²) in [6, 6.07) is 7.15. The highest BCUT2D eigenvalue weighted by molar-refractivity contribution is 6.31. The monoisotopic (exact) mass is 251 g/mol. The minimum atomic E-state index is -0.337. The SMILES string of the molecule is CC(CC(N)=O)NCc1ccc(C#N)cc1Cl. The van der Waals surface area contributed by atoms with Crippen LogP contribution in [-0.4, -0.2) is 11.9 Å². The molecule has 0 aliphatic heterocycles. The van der Waals surface area contributed by atoms with Crippen molar-refractivity contribution in [3.05, 3.63) is 34.3 Å². The lowest BCUT2D eigenvalue weighted by Crippen LogP contribution is -2.30. The Labute approximate surface area is 105 Å². The van der Waals surface area contributed by atoms with Crippen LogP contribution in [0.2, 0.25) is 5.02 Å². The van der Waals surface area contributed by atoms with Crippen LogP contribution in [0.1, 0.15) is 24.5 Å². The van der Waals surface area contributed by atoms with E-state index in [-0.39, 0.29) is 18.4 Å². The van der Waals surface area contributed by atoms with Crippen LogP contribution in [0.15, 0.2) is 18.2 Å². The number of nitrogens with one attached hydrogen (secondary N) is 1. The van der Waals surface area contributed by atoms with Crippen molar-refractivity contribution in [2.24, 2.45) is 5.73 Å². The van der Waals surface area contributed by atoms with Crippen LogP contribution >= 0.6 is 11.6 Å². The van der Waals surface area contributed by atoms with E-state index < -0.39 is 0 Å². The van der Waals surface area contributed by atoms with Crippen LogP contribution in [0, 0.1) is 11.3 Å². The number of primary amides is 1. The van der Waals surface area contributed by atoms with Crippen LogP contribution in [0.25, 0.3) is 0 Å². The third-order valence-electron chi connectivity index (χ3n) is 2.33. The van der Waals surface area contributed by atoms with Gasteiger partial charge in [0.2, 0.25) is 5.91 Å². The van der Waals surface area contributed by atoms with Gasteiger partial charge in [-0.15, -0.1) is 0 Å². The van der Waals surface area contributed by atoms with Crippen molar-refractivity contribution in [2.45, 2.75) is 25.9 Å². The van der Waals surface area contributed by atoms with Gasteiger partial charge in [-0.3, -0.25) is 4.79 Å². The van der Waals surface area contributed by atoms with Gasteiger partial charge in [-0.05, 0) is 24.6 Å². The topological polar surface area (TPSA) is 78.9 Å². The van der Waals surface area contributed by atoms with E-state index in [9.17, 15) is 4.79 Å². The van der Waals surface area contributed by atoms with Gasteiger partial charge < -0.3 is 11.1 Å². The minimum Gasteiger partial charge on any atom is -0.370 e. The molecule has 0 aliphatic carbocycles. The highest BCUT2D eigenvalue weighted by Crippen LogP contribution is 2.17. The molecule has 0 heterocycles. The smallest absolute Gasteiger partial charge is 0.218 e. The predicted molar refractivity (Wildman–Crippen MR) is 66.3 cm³/mol. The predicted octanol–water partition coefficient (Wildman–Crippen LogP) is 1.57. The van der Waals surface area contributed by atoms with Gasteiger partial charge in [0.25, 0.3) is 0 Å². The molecule has 0 fully saturated rings. The molecule has 1 aromatic carbocycles. The van der Waals surface area contributed by atoms with Crippen molar-refractivity contribution in [3.63, 3.8) is 0 Å². The fraction of sp³-hybridized carbons (Fsp3) is 0.333. The molecular weight excluding hydrogens is 238 g/mol. The van der Waals surface area contributed by atoms with Gasteiger partial charge in [0, 0.05) is 24.0 Å². The molecule has 1 aromatic rings. The van der Waals surface area contributed by atoms with Crippen LogP contribution in [-0.2, 0) is 11.3 Å². The molecule has 17 heavy (non-hydrogen) atoms. The first-order valence-corrected chi connectivity index (χ1v) is 5.61. The molecule has 4 nitrogen and oxygen atoms in total. The second-order valence-corrected chi connectivity index (χ2v) is 4.28. The number of carbonyl (C=O) groups is 1. The number of halogens is 1. The number of hydrogen-bond donors (Lipinski definition) is 2. The number of benzene rings is 1. The van der Waals surface area contributed by atoms with E-state index in [4.69, 9.17) is 22.6 Å². The van der Waals surface area contributed by atoms with E-state index in [1.165, 1.54) is 0 Å². The maximum absolute atomic E-state index is 10.7. The molecule has 0 radical (unpaired) electrons. The van der Waals surface area contributed by atoms with Crippen molar-refractivity contribution < 1.29 is 4.79 Å². The lowest BCUT2D eigenvalue weighted by Gasteiger charge is -2.12. The highest BCUT2D eigenvalue weighted by atomic mass is 35.5. The molecule has 90 valence electrons.